The standard InChI is InChI=1S/C30H36N4O5/c1-5-13-34(14-6-2)26(35)22-16-21(17-23(18-22)30(4)24(27(36)37)12-15-38-30)25-32-33-28(39-25)29(3,31)19-20-10-8-7-9-11-20/h7-12,15-18,24H,5-6,13-14,19,31H2,1-4H3,(H,36,37)/t24?,29-,30?/m1/s1. The van der Waals surface area contributed by atoms with Crippen LogP contribution in [0.5, 0.6) is 0 Å². The van der Waals surface area contributed by atoms with Crippen LogP contribution in [-0.2, 0) is 27.1 Å². The van der Waals surface area contributed by atoms with Gasteiger partial charge in [0, 0.05) is 24.2 Å². The number of carboxylic acid groups (broad SMARTS) is 1. The van der Waals surface area contributed by atoms with E-state index in [1.54, 1.807) is 30.0 Å². The Morgan fingerprint density at radius 3 is 2.44 bits per heavy atom. The molecule has 2 unspecified atom stereocenters. The van der Waals surface area contributed by atoms with Crippen LogP contribution in [0.1, 0.15) is 67.9 Å². The predicted octanol–water partition coefficient (Wildman–Crippen LogP) is 4.88. The quantitative estimate of drug-likeness (QED) is 0.357. The topological polar surface area (TPSA) is 132 Å². The molecule has 1 amide bonds. The molecule has 0 saturated carbocycles. The maximum absolute atomic E-state index is 13.6. The van der Waals surface area contributed by atoms with Crippen LogP contribution in [0.4, 0.5) is 0 Å². The molecule has 0 bridgehead atoms. The number of carbonyl (C=O) groups is 2. The van der Waals surface area contributed by atoms with Crippen LogP contribution in [-0.4, -0.2) is 45.2 Å². The lowest BCUT2D eigenvalue weighted by atomic mass is 9.82. The number of nitrogens with zero attached hydrogens (tertiary/aromatic N) is 3. The van der Waals surface area contributed by atoms with Gasteiger partial charge in [0.05, 0.1) is 11.8 Å². The Labute approximate surface area is 228 Å². The molecule has 1 aromatic heterocycles. The molecule has 0 saturated heterocycles. The zero-order valence-electron chi connectivity index (χ0n) is 22.9. The van der Waals surface area contributed by atoms with Gasteiger partial charge in [-0.1, -0.05) is 44.2 Å². The molecule has 1 aliphatic rings. The van der Waals surface area contributed by atoms with Gasteiger partial charge in [0.1, 0.15) is 11.5 Å². The first-order chi connectivity index (χ1) is 18.6. The molecule has 206 valence electrons. The second-order valence-corrected chi connectivity index (χ2v) is 10.5. The van der Waals surface area contributed by atoms with Crippen molar-refractivity contribution < 1.29 is 23.8 Å². The molecule has 3 aromatic rings. The van der Waals surface area contributed by atoms with Crippen LogP contribution in [0, 0.1) is 5.92 Å². The third-order valence-electron chi connectivity index (χ3n) is 7.05. The van der Waals surface area contributed by atoms with E-state index in [1.165, 1.54) is 12.3 Å². The van der Waals surface area contributed by atoms with Gasteiger partial charge < -0.3 is 24.9 Å². The summed E-state index contributed by atoms with van der Waals surface area (Å²) in [5.41, 5.74) is 6.87. The van der Waals surface area contributed by atoms with Gasteiger partial charge in [-0.3, -0.25) is 9.59 Å². The van der Waals surface area contributed by atoms with Crippen molar-refractivity contribution in [2.45, 2.75) is 58.1 Å². The maximum atomic E-state index is 13.6. The molecule has 9 heteroatoms. The van der Waals surface area contributed by atoms with E-state index >= 15 is 0 Å². The van der Waals surface area contributed by atoms with Crippen molar-refractivity contribution in [2.24, 2.45) is 11.7 Å². The molecule has 0 fully saturated rings. The first kappa shape index (κ1) is 28.0. The normalized spacial score (nSPS) is 19.9. The molecule has 3 N–H and O–H groups in total. The summed E-state index contributed by atoms with van der Waals surface area (Å²) in [6.45, 7) is 8.78. The van der Waals surface area contributed by atoms with E-state index in [0.29, 0.717) is 36.2 Å². The van der Waals surface area contributed by atoms with Crippen LogP contribution in [0.3, 0.4) is 0 Å². The van der Waals surface area contributed by atoms with Crippen LogP contribution in [0.25, 0.3) is 11.5 Å². The largest absolute Gasteiger partial charge is 0.490 e. The van der Waals surface area contributed by atoms with Gasteiger partial charge in [-0.05, 0) is 68.5 Å². The molecule has 39 heavy (non-hydrogen) atoms. The minimum Gasteiger partial charge on any atom is -0.490 e. The summed E-state index contributed by atoms with van der Waals surface area (Å²) < 4.78 is 11.9. The summed E-state index contributed by atoms with van der Waals surface area (Å²) in [7, 11) is 0. The van der Waals surface area contributed by atoms with Gasteiger partial charge in [0.15, 0.2) is 0 Å². The molecule has 0 radical (unpaired) electrons. The van der Waals surface area contributed by atoms with Crippen molar-refractivity contribution >= 4 is 11.9 Å². The zero-order chi connectivity index (χ0) is 28.2. The number of aliphatic carboxylic acids is 1. The van der Waals surface area contributed by atoms with Gasteiger partial charge in [0.25, 0.3) is 5.91 Å². The Balaban J connectivity index is 1.77. The lowest BCUT2D eigenvalue weighted by Crippen LogP contribution is -2.36. The summed E-state index contributed by atoms with van der Waals surface area (Å²) in [5.74, 6) is -1.68. The summed E-state index contributed by atoms with van der Waals surface area (Å²) in [5, 5.41) is 18.4. The number of aromatic nitrogens is 2. The Morgan fingerprint density at radius 2 is 1.79 bits per heavy atom. The SMILES string of the molecule is CCCN(CCC)C(=O)c1cc(-c2nnc([C@](C)(N)Cc3ccccc3)o2)cc(C2(C)OC=CC2C(=O)O)c1. The molecule has 1 aliphatic heterocycles. The van der Waals surface area contributed by atoms with E-state index in [0.717, 1.165) is 18.4 Å². The van der Waals surface area contributed by atoms with Crippen LogP contribution in [0.2, 0.25) is 0 Å². The number of amides is 1. The average Bonchev–Trinajstić information content (AvgIpc) is 3.57. The monoisotopic (exact) mass is 532 g/mol. The Bertz CT molecular complexity index is 1340. The van der Waals surface area contributed by atoms with Crippen molar-refractivity contribution in [3.05, 3.63) is 83.5 Å². The van der Waals surface area contributed by atoms with E-state index in [-0.39, 0.29) is 17.7 Å². The number of nitrogens with two attached hydrogens (primary N) is 1. The van der Waals surface area contributed by atoms with Gasteiger partial charge in [0.2, 0.25) is 11.8 Å². The number of carboxylic acids is 1. The van der Waals surface area contributed by atoms with Crippen molar-refractivity contribution in [3.63, 3.8) is 0 Å². The van der Waals surface area contributed by atoms with E-state index in [1.807, 2.05) is 51.1 Å². The van der Waals surface area contributed by atoms with E-state index in [2.05, 4.69) is 10.2 Å². The summed E-state index contributed by atoms with van der Waals surface area (Å²) in [6, 6.07) is 14.9. The predicted molar refractivity (Wildman–Crippen MR) is 147 cm³/mol. The highest BCUT2D eigenvalue weighted by Gasteiger charge is 2.45. The van der Waals surface area contributed by atoms with Gasteiger partial charge in [-0.2, -0.15) is 0 Å². The fourth-order valence-electron chi connectivity index (χ4n) is 4.95. The number of carbonyl (C=O) groups excluding carboxylic acids is 1. The summed E-state index contributed by atoms with van der Waals surface area (Å²) >= 11 is 0. The minimum absolute atomic E-state index is 0.157. The second-order valence-electron chi connectivity index (χ2n) is 10.5. The second kappa shape index (κ2) is 11.4. The highest BCUT2D eigenvalue weighted by Crippen LogP contribution is 2.41. The van der Waals surface area contributed by atoms with Crippen molar-refractivity contribution in [1.29, 1.82) is 0 Å². The maximum Gasteiger partial charge on any atom is 0.314 e. The number of rotatable bonds is 11. The van der Waals surface area contributed by atoms with Crippen LogP contribution in [0.15, 0.2) is 65.3 Å². The first-order valence-electron chi connectivity index (χ1n) is 13.3. The Morgan fingerprint density at radius 1 is 1.10 bits per heavy atom. The van der Waals surface area contributed by atoms with Crippen molar-refractivity contribution in [3.8, 4) is 11.5 Å². The molecule has 3 atom stereocenters. The smallest absolute Gasteiger partial charge is 0.314 e. The number of hydrogen-bond donors (Lipinski definition) is 2. The van der Waals surface area contributed by atoms with Crippen molar-refractivity contribution in [2.75, 3.05) is 13.1 Å². The van der Waals surface area contributed by atoms with Gasteiger partial charge >= 0.3 is 5.97 Å². The molecule has 2 heterocycles. The van der Waals surface area contributed by atoms with Crippen LogP contribution < -0.4 is 5.73 Å². The van der Waals surface area contributed by atoms with Gasteiger partial charge in [-0.25, -0.2) is 0 Å². The number of hydrogen-bond acceptors (Lipinski definition) is 7. The van der Waals surface area contributed by atoms with Gasteiger partial charge in [-0.15, -0.1) is 10.2 Å². The van der Waals surface area contributed by atoms with E-state index < -0.39 is 23.0 Å². The van der Waals surface area contributed by atoms with Crippen LogP contribution >= 0.6 is 0 Å². The minimum atomic E-state index is -1.23. The third kappa shape index (κ3) is 5.88. The van der Waals surface area contributed by atoms with Crippen molar-refractivity contribution in [1.82, 2.24) is 15.1 Å². The highest BCUT2D eigenvalue weighted by atomic mass is 16.5. The van der Waals surface area contributed by atoms with E-state index in [9.17, 15) is 14.7 Å². The molecule has 0 aliphatic carbocycles. The number of ether oxygens (including phenoxy) is 1. The molecule has 9 nitrogen and oxygen atoms in total. The molecule has 0 spiro atoms. The summed E-state index contributed by atoms with van der Waals surface area (Å²) in [4.78, 5) is 27.5. The average molecular weight is 533 g/mol. The molecule has 2 aromatic carbocycles. The third-order valence-corrected chi connectivity index (χ3v) is 7.05. The zero-order valence-corrected chi connectivity index (χ0v) is 22.9. The lowest BCUT2D eigenvalue weighted by molar-refractivity contribution is -0.146. The van der Waals surface area contributed by atoms with E-state index in [4.69, 9.17) is 14.9 Å². The molecule has 4 rings (SSSR count). The Hall–Kier alpha value is -3.98. The first-order valence-corrected chi connectivity index (χ1v) is 13.3. The molecular formula is C30H36N4O5. The highest BCUT2D eigenvalue weighted by molar-refractivity contribution is 5.95. The summed E-state index contributed by atoms with van der Waals surface area (Å²) in [6.07, 6.45) is 5.01. The fourth-order valence-corrected chi connectivity index (χ4v) is 4.95. The fraction of sp³-hybridized carbons (Fsp3) is 0.400. The lowest BCUT2D eigenvalue weighted by Gasteiger charge is -2.30. The Kier molecular flexibility index (Phi) is 8.20. The number of benzene rings is 2. The molecular weight excluding hydrogens is 496 g/mol.